The number of carbonyl (C=O) groups is 2. The highest BCUT2D eigenvalue weighted by atomic mass is 127. The summed E-state index contributed by atoms with van der Waals surface area (Å²) in [5, 5.41) is 6.81. The predicted octanol–water partition coefficient (Wildman–Crippen LogP) is 2.77. The number of ether oxygens (including phenoxy) is 1. The molecular formula is C24H36IN5O3. The van der Waals surface area contributed by atoms with E-state index in [-0.39, 0.29) is 48.5 Å². The fourth-order valence-electron chi connectivity index (χ4n) is 4.92. The predicted molar refractivity (Wildman–Crippen MR) is 140 cm³/mol. The number of nitrogens with one attached hydrogen (secondary N) is 2. The van der Waals surface area contributed by atoms with E-state index in [9.17, 15) is 9.59 Å². The van der Waals surface area contributed by atoms with Gasteiger partial charge in [0.2, 0.25) is 5.91 Å². The second-order valence-electron chi connectivity index (χ2n) is 8.90. The summed E-state index contributed by atoms with van der Waals surface area (Å²) in [6, 6.07) is 7.86. The first-order valence-corrected chi connectivity index (χ1v) is 11.9. The summed E-state index contributed by atoms with van der Waals surface area (Å²) in [6.45, 7) is 2.98. The molecule has 8 nitrogen and oxygen atoms in total. The van der Waals surface area contributed by atoms with E-state index >= 15 is 0 Å². The Kier molecular flexibility index (Phi) is 9.64. The monoisotopic (exact) mass is 569 g/mol. The van der Waals surface area contributed by atoms with Crippen molar-refractivity contribution in [1.29, 1.82) is 0 Å². The fourth-order valence-corrected chi connectivity index (χ4v) is 4.92. The van der Waals surface area contributed by atoms with E-state index in [0.29, 0.717) is 19.0 Å². The third-order valence-corrected chi connectivity index (χ3v) is 6.68. The van der Waals surface area contributed by atoms with Gasteiger partial charge in [-0.15, -0.1) is 24.0 Å². The topological polar surface area (TPSA) is 86.3 Å². The molecule has 0 radical (unpaired) electrons. The molecular weight excluding hydrogens is 533 g/mol. The quantitative estimate of drug-likeness (QED) is 0.238. The zero-order valence-corrected chi connectivity index (χ0v) is 21.8. The molecule has 182 valence electrons. The van der Waals surface area contributed by atoms with E-state index in [4.69, 9.17) is 4.74 Å². The number of aliphatic imine (C=N–C) groups is 1. The maximum Gasteiger partial charge on any atom is 0.265 e. The standard InChI is InChI=1S/C24H35N5O3.HI/c1-25-24(27-19-12-15-28(16-19)23(31)18-8-3-2-4-9-18)26-13-7-14-29-20-10-5-6-11-21(20)32-17-22(29)30;/h5-6,10-11,18-19H,2-4,7-9,12-17H2,1H3,(H2,25,26,27);1H. The molecule has 3 aliphatic rings. The van der Waals surface area contributed by atoms with Gasteiger partial charge in [-0.05, 0) is 37.8 Å². The number of benzene rings is 1. The smallest absolute Gasteiger partial charge is 0.265 e. The summed E-state index contributed by atoms with van der Waals surface area (Å²) < 4.78 is 5.50. The lowest BCUT2D eigenvalue weighted by Gasteiger charge is -2.29. The van der Waals surface area contributed by atoms with Gasteiger partial charge in [-0.3, -0.25) is 14.6 Å². The molecule has 2 aliphatic heterocycles. The van der Waals surface area contributed by atoms with Gasteiger partial charge in [0.15, 0.2) is 12.6 Å². The minimum absolute atomic E-state index is 0. The van der Waals surface area contributed by atoms with Crippen LogP contribution in [-0.2, 0) is 9.59 Å². The van der Waals surface area contributed by atoms with E-state index in [1.165, 1.54) is 19.3 Å². The highest BCUT2D eigenvalue weighted by Gasteiger charge is 2.32. The molecule has 0 aromatic heterocycles. The number of carbonyl (C=O) groups excluding carboxylic acids is 2. The summed E-state index contributed by atoms with van der Waals surface area (Å²) in [5.41, 5.74) is 0.833. The lowest BCUT2D eigenvalue weighted by atomic mass is 9.88. The van der Waals surface area contributed by atoms with Crippen LogP contribution in [0.2, 0.25) is 0 Å². The van der Waals surface area contributed by atoms with Crippen molar-refractivity contribution in [3.8, 4) is 5.75 Å². The van der Waals surface area contributed by atoms with Crippen LogP contribution in [-0.4, -0.2) is 68.5 Å². The Bertz CT molecular complexity index is 843. The second kappa shape index (κ2) is 12.4. The number of hydrogen-bond donors (Lipinski definition) is 2. The van der Waals surface area contributed by atoms with Crippen LogP contribution in [0.15, 0.2) is 29.3 Å². The summed E-state index contributed by atoms with van der Waals surface area (Å²) in [4.78, 5) is 33.2. The lowest BCUT2D eigenvalue weighted by Crippen LogP contribution is -2.46. The molecule has 1 saturated carbocycles. The number of anilines is 1. The third kappa shape index (κ3) is 6.51. The number of fused-ring (bicyclic) bond motifs is 1. The van der Waals surface area contributed by atoms with Gasteiger partial charge >= 0.3 is 0 Å². The van der Waals surface area contributed by atoms with Crippen LogP contribution in [0, 0.1) is 5.92 Å². The molecule has 1 saturated heterocycles. The van der Waals surface area contributed by atoms with Crippen molar-refractivity contribution in [1.82, 2.24) is 15.5 Å². The van der Waals surface area contributed by atoms with Crippen LogP contribution in [0.5, 0.6) is 5.75 Å². The van der Waals surface area contributed by atoms with E-state index < -0.39 is 0 Å². The van der Waals surface area contributed by atoms with E-state index in [2.05, 4.69) is 15.6 Å². The van der Waals surface area contributed by atoms with Gasteiger partial charge in [-0.25, -0.2) is 0 Å². The molecule has 1 aromatic rings. The van der Waals surface area contributed by atoms with Crippen molar-refractivity contribution in [3.63, 3.8) is 0 Å². The Hall–Kier alpha value is -2.04. The van der Waals surface area contributed by atoms with Crippen LogP contribution in [0.25, 0.3) is 0 Å². The number of nitrogens with zero attached hydrogens (tertiary/aromatic N) is 3. The average molecular weight is 569 g/mol. The minimum atomic E-state index is -0.0140. The highest BCUT2D eigenvalue weighted by Crippen LogP contribution is 2.31. The maximum atomic E-state index is 12.8. The van der Waals surface area contributed by atoms with Crippen molar-refractivity contribution in [2.75, 3.05) is 44.7 Å². The molecule has 0 bridgehead atoms. The van der Waals surface area contributed by atoms with E-state index in [1.54, 1.807) is 11.9 Å². The molecule has 4 rings (SSSR count). The number of hydrogen-bond acceptors (Lipinski definition) is 4. The molecule has 2 fully saturated rings. The van der Waals surface area contributed by atoms with Crippen LogP contribution >= 0.6 is 24.0 Å². The summed E-state index contributed by atoms with van der Waals surface area (Å²) in [6.07, 6.45) is 7.46. The van der Waals surface area contributed by atoms with Crippen molar-refractivity contribution >= 4 is 47.4 Å². The molecule has 1 unspecified atom stereocenters. The molecule has 2 heterocycles. The average Bonchev–Trinajstić information content (AvgIpc) is 3.30. The largest absolute Gasteiger partial charge is 0.482 e. The Morgan fingerprint density at radius 1 is 1.18 bits per heavy atom. The van der Waals surface area contributed by atoms with Crippen molar-refractivity contribution in [2.24, 2.45) is 10.9 Å². The molecule has 0 spiro atoms. The second-order valence-corrected chi connectivity index (χ2v) is 8.90. The first kappa shape index (κ1) is 25.6. The summed E-state index contributed by atoms with van der Waals surface area (Å²) in [5.74, 6) is 2.06. The molecule has 2 amide bonds. The molecule has 9 heteroatoms. The first-order chi connectivity index (χ1) is 15.7. The van der Waals surface area contributed by atoms with Crippen LogP contribution < -0.4 is 20.3 Å². The lowest BCUT2D eigenvalue weighted by molar-refractivity contribution is -0.135. The SMILES string of the molecule is CN=C(NCCCN1C(=O)COc2ccccc21)NC1CCN(C(=O)C2CCCCC2)C1.I. The van der Waals surface area contributed by atoms with Crippen LogP contribution in [0.4, 0.5) is 5.69 Å². The zero-order valence-electron chi connectivity index (χ0n) is 19.4. The van der Waals surface area contributed by atoms with Crippen LogP contribution in [0.1, 0.15) is 44.9 Å². The number of likely N-dealkylation sites (tertiary alicyclic amines) is 1. The van der Waals surface area contributed by atoms with E-state index in [1.807, 2.05) is 29.2 Å². The van der Waals surface area contributed by atoms with Gasteiger partial charge in [-0.1, -0.05) is 31.4 Å². The highest BCUT2D eigenvalue weighted by molar-refractivity contribution is 14.0. The molecule has 33 heavy (non-hydrogen) atoms. The molecule has 2 N–H and O–H groups in total. The van der Waals surface area contributed by atoms with E-state index in [0.717, 1.165) is 56.2 Å². The third-order valence-electron chi connectivity index (χ3n) is 6.68. The van der Waals surface area contributed by atoms with Gasteiger partial charge in [-0.2, -0.15) is 0 Å². The number of para-hydroxylation sites is 2. The number of halogens is 1. The van der Waals surface area contributed by atoms with Crippen molar-refractivity contribution in [3.05, 3.63) is 24.3 Å². The molecule has 1 aliphatic carbocycles. The number of guanidine groups is 1. The Morgan fingerprint density at radius 3 is 2.76 bits per heavy atom. The molecule has 1 atom stereocenters. The first-order valence-electron chi connectivity index (χ1n) is 11.9. The zero-order chi connectivity index (χ0) is 22.3. The normalized spacial score (nSPS) is 21.2. The molecule has 1 aromatic carbocycles. The van der Waals surface area contributed by atoms with Gasteiger partial charge in [0.05, 0.1) is 5.69 Å². The Morgan fingerprint density at radius 2 is 1.97 bits per heavy atom. The van der Waals surface area contributed by atoms with Gasteiger partial charge in [0.25, 0.3) is 5.91 Å². The van der Waals surface area contributed by atoms with Crippen LogP contribution in [0.3, 0.4) is 0 Å². The van der Waals surface area contributed by atoms with Gasteiger partial charge in [0.1, 0.15) is 5.75 Å². The number of rotatable bonds is 6. The van der Waals surface area contributed by atoms with Gasteiger partial charge < -0.3 is 25.2 Å². The van der Waals surface area contributed by atoms with Crippen molar-refractivity contribution < 1.29 is 14.3 Å². The fraction of sp³-hybridized carbons (Fsp3) is 0.625. The Labute approximate surface area is 213 Å². The maximum absolute atomic E-state index is 12.8. The number of amides is 2. The minimum Gasteiger partial charge on any atom is -0.482 e. The summed E-state index contributed by atoms with van der Waals surface area (Å²) in [7, 11) is 1.76. The van der Waals surface area contributed by atoms with Crippen molar-refractivity contribution in [2.45, 2.75) is 51.0 Å². The summed E-state index contributed by atoms with van der Waals surface area (Å²) >= 11 is 0. The Balaban J connectivity index is 0.00000306. The van der Waals surface area contributed by atoms with Gasteiger partial charge in [0, 0.05) is 45.2 Å².